The third-order valence-electron chi connectivity index (χ3n) is 10.9. The Hall–Kier alpha value is -6.25. The number of hydrogen-bond acceptors (Lipinski definition) is 1. The van der Waals surface area contributed by atoms with E-state index in [2.05, 4.69) is 181 Å². The predicted molar refractivity (Wildman–Crippen MR) is 210 cm³/mol. The molecule has 0 atom stereocenters. The van der Waals surface area contributed by atoms with Crippen LogP contribution in [-0.4, -0.2) is 9.55 Å². The van der Waals surface area contributed by atoms with Crippen LogP contribution < -0.4 is 0 Å². The molecular formula is C48H34N2. The van der Waals surface area contributed by atoms with E-state index >= 15 is 0 Å². The Morgan fingerprint density at radius 1 is 0.420 bits per heavy atom. The Kier molecular flexibility index (Phi) is 6.25. The van der Waals surface area contributed by atoms with Crippen LogP contribution in [0.3, 0.4) is 0 Å². The summed E-state index contributed by atoms with van der Waals surface area (Å²) in [6, 6.07) is 60.0. The van der Waals surface area contributed by atoms with E-state index in [1.54, 1.807) is 0 Å². The summed E-state index contributed by atoms with van der Waals surface area (Å²) in [6.45, 7) is 4.71. The molecule has 7 aromatic carbocycles. The summed E-state index contributed by atoms with van der Waals surface area (Å²) in [6.07, 6.45) is 1.91. The second kappa shape index (κ2) is 10.9. The second-order valence-electron chi connectivity index (χ2n) is 14.0. The molecule has 0 spiro atoms. The Bertz CT molecular complexity index is 2780. The molecule has 0 saturated heterocycles. The van der Waals surface area contributed by atoms with Gasteiger partial charge in [-0.3, -0.25) is 4.98 Å². The van der Waals surface area contributed by atoms with Gasteiger partial charge in [-0.25, -0.2) is 0 Å². The van der Waals surface area contributed by atoms with E-state index in [0.29, 0.717) is 0 Å². The lowest BCUT2D eigenvalue weighted by Crippen LogP contribution is -2.14. The first-order valence-corrected chi connectivity index (χ1v) is 17.4. The fraction of sp³-hybridized carbons (Fsp3) is 0.0625. The average molecular weight is 639 g/mol. The topological polar surface area (TPSA) is 17.8 Å². The van der Waals surface area contributed by atoms with Crippen LogP contribution in [-0.2, 0) is 5.41 Å². The maximum atomic E-state index is 4.60. The quantitative estimate of drug-likeness (QED) is 0.188. The first kappa shape index (κ1) is 28.7. The van der Waals surface area contributed by atoms with E-state index in [0.717, 1.165) is 11.2 Å². The molecule has 0 N–H and O–H groups in total. The van der Waals surface area contributed by atoms with Crippen molar-refractivity contribution < 1.29 is 0 Å². The number of nitrogens with zero attached hydrogens (tertiary/aromatic N) is 2. The van der Waals surface area contributed by atoms with Crippen molar-refractivity contribution >= 4 is 32.7 Å². The van der Waals surface area contributed by atoms with Crippen LogP contribution in [0.5, 0.6) is 0 Å². The smallest absolute Gasteiger partial charge is 0.0708 e. The highest BCUT2D eigenvalue weighted by atomic mass is 15.0. The number of rotatable bonds is 4. The van der Waals surface area contributed by atoms with Gasteiger partial charge in [-0.05, 0) is 116 Å². The predicted octanol–water partition coefficient (Wildman–Crippen LogP) is 12.6. The Labute approximate surface area is 291 Å². The van der Waals surface area contributed by atoms with E-state index < -0.39 is 0 Å². The highest BCUT2D eigenvalue weighted by Gasteiger charge is 2.35. The SMILES string of the molecule is CC1(C)c2ccccc2-c2ccc(-c3ccc4c(c3)c3cc(-c5cccc(-c6ccnc7ccccc67)c5)ccc3n4-c3ccccc3)cc21. The highest BCUT2D eigenvalue weighted by molar-refractivity contribution is 6.12. The lowest BCUT2D eigenvalue weighted by molar-refractivity contribution is 0.660. The summed E-state index contributed by atoms with van der Waals surface area (Å²) in [7, 11) is 0. The average Bonchev–Trinajstić information content (AvgIpc) is 3.62. The lowest BCUT2D eigenvalue weighted by atomic mass is 9.81. The van der Waals surface area contributed by atoms with Gasteiger partial charge < -0.3 is 4.57 Å². The molecule has 0 bridgehead atoms. The van der Waals surface area contributed by atoms with Crippen LogP contribution in [0.15, 0.2) is 170 Å². The summed E-state index contributed by atoms with van der Waals surface area (Å²) in [4.78, 5) is 4.60. The monoisotopic (exact) mass is 638 g/mol. The third kappa shape index (κ3) is 4.32. The number of benzene rings is 7. The molecule has 236 valence electrons. The summed E-state index contributed by atoms with van der Waals surface area (Å²) < 4.78 is 2.40. The molecule has 10 rings (SSSR count). The number of aromatic nitrogens is 2. The van der Waals surface area contributed by atoms with Crippen LogP contribution in [0.25, 0.3) is 82.9 Å². The van der Waals surface area contributed by atoms with Gasteiger partial charge in [-0.1, -0.05) is 117 Å². The summed E-state index contributed by atoms with van der Waals surface area (Å²) in [5.41, 5.74) is 17.3. The van der Waals surface area contributed by atoms with Crippen molar-refractivity contribution in [2.75, 3.05) is 0 Å². The molecule has 2 heteroatoms. The Balaban J connectivity index is 1.14. The minimum absolute atomic E-state index is 0.0403. The third-order valence-corrected chi connectivity index (χ3v) is 10.9. The van der Waals surface area contributed by atoms with Crippen molar-refractivity contribution in [3.8, 4) is 50.2 Å². The van der Waals surface area contributed by atoms with E-state index in [9.17, 15) is 0 Å². The van der Waals surface area contributed by atoms with Crippen LogP contribution in [0.2, 0.25) is 0 Å². The number of fused-ring (bicyclic) bond motifs is 7. The van der Waals surface area contributed by atoms with Crippen LogP contribution >= 0.6 is 0 Å². The van der Waals surface area contributed by atoms with Gasteiger partial charge in [0.15, 0.2) is 0 Å². The van der Waals surface area contributed by atoms with Gasteiger partial charge in [0.2, 0.25) is 0 Å². The lowest BCUT2D eigenvalue weighted by Gasteiger charge is -2.22. The van der Waals surface area contributed by atoms with Crippen molar-refractivity contribution in [2.24, 2.45) is 0 Å². The Morgan fingerprint density at radius 3 is 1.84 bits per heavy atom. The van der Waals surface area contributed by atoms with Crippen LogP contribution in [0.4, 0.5) is 0 Å². The fourth-order valence-corrected chi connectivity index (χ4v) is 8.34. The Morgan fingerprint density at radius 2 is 1.04 bits per heavy atom. The minimum atomic E-state index is -0.0403. The second-order valence-corrected chi connectivity index (χ2v) is 14.0. The molecule has 0 aliphatic heterocycles. The standard InChI is InChI=1S/C48H34N2/c1-48(2)43-17-8-6-15-38(43)39-22-19-34(30-44(39)48)33-21-24-47-42(29-33)41-28-32(20-23-46(41)50(47)36-13-4-3-5-14-36)31-11-10-12-35(27-31)37-25-26-49-45-18-9-7-16-40(37)45/h3-30H,1-2H3. The molecule has 0 amide bonds. The molecule has 2 nitrogen and oxygen atoms in total. The van der Waals surface area contributed by atoms with Gasteiger partial charge in [0, 0.05) is 33.5 Å². The van der Waals surface area contributed by atoms with Gasteiger partial charge in [-0.15, -0.1) is 0 Å². The number of pyridine rings is 1. The van der Waals surface area contributed by atoms with Crippen molar-refractivity contribution in [3.05, 3.63) is 181 Å². The van der Waals surface area contributed by atoms with E-state index in [1.165, 1.54) is 82.8 Å². The molecule has 2 aromatic heterocycles. The zero-order valence-corrected chi connectivity index (χ0v) is 28.1. The number of hydrogen-bond donors (Lipinski definition) is 0. The van der Waals surface area contributed by atoms with Gasteiger partial charge in [0.1, 0.15) is 0 Å². The maximum absolute atomic E-state index is 4.60. The van der Waals surface area contributed by atoms with Gasteiger partial charge >= 0.3 is 0 Å². The van der Waals surface area contributed by atoms with Crippen molar-refractivity contribution in [1.29, 1.82) is 0 Å². The van der Waals surface area contributed by atoms with Crippen LogP contribution in [0, 0.1) is 0 Å². The van der Waals surface area contributed by atoms with Gasteiger partial charge in [0.25, 0.3) is 0 Å². The largest absolute Gasteiger partial charge is 0.309 e. The van der Waals surface area contributed by atoms with E-state index in [1.807, 2.05) is 12.3 Å². The molecule has 50 heavy (non-hydrogen) atoms. The fourth-order valence-electron chi connectivity index (χ4n) is 8.34. The summed E-state index contributed by atoms with van der Waals surface area (Å²) in [5.74, 6) is 0. The first-order chi connectivity index (χ1) is 24.5. The van der Waals surface area contributed by atoms with E-state index in [4.69, 9.17) is 0 Å². The highest BCUT2D eigenvalue weighted by Crippen LogP contribution is 2.49. The zero-order valence-electron chi connectivity index (χ0n) is 28.1. The molecule has 0 radical (unpaired) electrons. The van der Waals surface area contributed by atoms with Gasteiger partial charge in [-0.2, -0.15) is 0 Å². The summed E-state index contributed by atoms with van der Waals surface area (Å²) in [5, 5.41) is 3.67. The van der Waals surface area contributed by atoms with Crippen molar-refractivity contribution in [2.45, 2.75) is 19.3 Å². The normalized spacial score (nSPS) is 13.2. The van der Waals surface area contributed by atoms with Crippen molar-refractivity contribution in [3.63, 3.8) is 0 Å². The minimum Gasteiger partial charge on any atom is -0.309 e. The molecular weight excluding hydrogens is 605 g/mol. The van der Waals surface area contributed by atoms with Gasteiger partial charge in [0.05, 0.1) is 16.6 Å². The zero-order chi connectivity index (χ0) is 33.4. The number of para-hydroxylation sites is 2. The molecule has 1 aliphatic carbocycles. The van der Waals surface area contributed by atoms with Crippen LogP contribution in [0.1, 0.15) is 25.0 Å². The molecule has 1 aliphatic rings. The maximum Gasteiger partial charge on any atom is 0.0708 e. The molecule has 0 fully saturated rings. The first-order valence-electron chi connectivity index (χ1n) is 17.4. The van der Waals surface area contributed by atoms with Crippen molar-refractivity contribution in [1.82, 2.24) is 9.55 Å². The van der Waals surface area contributed by atoms with E-state index in [-0.39, 0.29) is 5.41 Å². The molecule has 0 saturated carbocycles. The molecule has 9 aromatic rings. The molecule has 2 heterocycles. The molecule has 0 unspecified atom stereocenters. The summed E-state index contributed by atoms with van der Waals surface area (Å²) >= 11 is 0.